The van der Waals surface area contributed by atoms with Crippen LogP contribution in [-0.2, 0) is 16.6 Å². The summed E-state index contributed by atoms with van der Waals surface area (Å²) in [4.78, 5) is 0. The standard InChI is InChI=1S/C10H20N4O2S/c1-10(2,3)7-13-17(15,16)9-8(5-11-4)6-12-14-9/h6,11,13H,5,7H2,1-4H3,(H,12,14). The predicted octanol–water partition coefficient (Wildman–Crippen LogP) is 0.454. The largest absolute Gasteiger partial charge is 0.316 e. The molecular weight excluding hydrogens is 240 g/mol. The van der Waals surface area contributed by atoms with Crippen molar-refractivity contribution in [3.63, 3.8) is 0 Å². The molecule has 98 valence electrons. The van der Waals surface area contributed by atoms with Crippen molar-refractivity contribution in [1.29, 1.82) is 0 Å². The molecule has 1 heterocycles. The second-order valence-electron chi connectivity index (χ2n) is 5.14. The highest BCUT2D eigenvalue weighted by Gasteiger charge is 2.22. The summed E-state index contributed by atoms with van der Waals surface area (Å²) in [5.41, 5.74) is 0.532. The minimum atomic E-state index is -3.51. The van der Waals surface area contributed by atoms with Crippen molar-refractivity contribution < 1.29 is 8.42 Å². The van der Waals surface area contributed by atoms with Crippen LogP contribution in [0.2, 0.25) is 0 Å². The molecule has 0 aliphatic carbocycles. The Morgan fingerprint density at radius 1 is 1.41 bits per heavy atom. The fraction of sp³-hybridized carbons (Fsp3) is 0.700. The van der Waals surface area contributed by atoms with Crippen molar-refractivity contribution in [2.24, 2.45) is 5.41 Å². The van der Waals surface area contributed by atoms with E-state index in [2.05, 4.69) is 20.2 Å². The summed E-state index contributed by atoms with van der Waals surface area (Å²) >= 11 is 0. The molecule has 0 aromatic carbocycles. The van der Waals surface area contributed by atoms with Gasteiger partial charge in [-0.25, -0.2) is 13.1 Å². The average Bonchev–Trinajstić information content (AvgIpc) is 2.63. The molecule has 0 aliphatic heterocycles. The molecule has 1 aromatic rings. The Hall–Kier alpha value is -0.920. The molecule has 0 spiro atoms. The lowest BCUT2D eigenvalue weighted by Gasteiger charge is -2.18. The summed E-state index contributed by atoms with van der Waals surface area (Å²) in [6.45, 7) is 6.75. The molecule has 0 saturated heterocycles. The van der Waals surface area contributed by atoms with Crippen LogP contribution < -0.4 is 10.0 Å². The summed E-state index contributed by atoms with van der Waals surface area (Å²) < 4.78 is 26.6. The molecule has 0 radical (unpaired) electrons. The number of hydrogen-bond acceptors (Lipinski definition) is 4. The van der Waals surface area contributed by atoms with Crippen LogP contribution in [0.1, 0.15) is 26.3 Å². The quantitative estimate of drug-likeness (QED) is 0.717. The molecule has 1 aromatic heterocycles. The van der Waals surface area contributed by atoms with E-state index in [4.69, 9.17) is 0 Å². The van der Waals surface area contributed by atoms with Gasteiger partial charge in [-0.1, -0.05) is 20.8 Å². The lowest BCUT2D eigenvalue weighted by molar-refractivity contribution is 0.407. The van der Waals surface area contributed by atoms with Gasteiger partial charge in [-0.3, -0.25) is 5.10 Å². The average molecular weight is 260 g/mol. The van der Waals surface area contributed by atoms with Crippen LogP contribution in [-0.4, -0.2) is 32.2 Å². The van der Waals surface area contributed by atoms with E-state index >= 15 is 0 Å². The molecule has 0 unspecified atom stereocenters. The van der Waals surface area contributed by atoms with Gasteiger partial charge in [0.05, 0.1) is 6.20 Å². The molecule has 0 aliphatic rings. The van der Waals surface area contributed by atoms with E-state index in [1.54, 1.807) is 7.05 Å². The van der Waals surface area contributed by atoms with Gasteiger partial charge in [-0.15, -0.1) is 0 Å². The Kier molecular flexibility index (Phi) is 4.29. The molecule has 0 atom stereocenters. The molecule has 0 amide bonds. The number of aromatic amines is 1. The number of H-pyrrole nitrogens is 1. The van der Waals surface area contributed by atoms with Gasteiger partial charge < -0.3 is 5.32 Å². The van der Waals surface area contributed by atoms with E-state index in [0.29, 0.717) is 18.7 Å². The van der Waals surface area contributed by atoms with E-state index in [-0.39, 0.29) is 10.4 Å². The van der Waals surface area contributed by atoms with Crippen LogP contribution in [0, 0.1) is 5.41 Å². The van der Waals surface area contributed by atoms with Crippen molar-refractivity contribution in [2.75, 3.05) is 13.6 Å². The first kappa shape index (κ1) is 14.1. The van der Waals surface area contributed by atoms with E-state index in [0.717, 1.165) is 0 Å². The highest BCUT2D eigenvalue weighted by Crippen LogP contribution is 2.15. The molecule has 7 heteroatoms. The molecule has 1 rings (SSSR count). The van der Waals surface area contributed by atoms with Crippen molar-refractivity contribution in [3.05, 3.63) is 11.8 Å². The van der Waals surface area contributed by atoms with Crippen molar-refractivity contribution in [3.8, 4) is 0 Å². The predicted molar refractivity (Wildman–Crippen MR) is 66.0 cm³/mol. The second kappa shape index (κ2) is 5.16. The Labute approximate surface area is 102 Å². The van der Waals surface area contributed by atoms with Gasteiger partial charge in [0.1, 0.15) is 0 Å². The Morgan fingerprint density at radius 2 is 2.06 bits per heavy atom. The van der Waals surface area contributed by atoms with Crippen molar-refractivity contribution >= 4 is 10.0 Å². The fourth-order valence-corrected chi connectivity index (χ4v) is 2.64. The zero-order valence-electron chi connectivity index (χ0n) is 10.7. The van der Waals surface area contributed by atoms with Gasteiger partial charge in [0.15, 0.2) is 5.03 Å². The minimum absolute atomic E-state index is 0.101. The number of hydrogen-bond donors (Lipinski definition) is 3. The van der Waals surface area contributed by atoms with Gasteiger partial charge in [-0.2, -0.15) is 5.10 Å². The Bertz CT molecular complexity index is 459. The first-order chi connectivity index (χ1) is 7.76. The summed E-state index contributed by atoms with van der Waals surface area (Å²) in [6.07, 6.45) is 1.52. The molecular formula is C10H20N4O2S. The van der Waals surface area contributed by atoms with Crippen LogP contribution >= 0.6 is 0 Å². The van der Waals surface area contributed by atoms with E-state index in [1.807, 2.05) is 20.8 Å². The maximum atomic E-state index is 12.0. The highest BCUT2D eigenvalue weighted by atomic mass is 32.2. The molecule has 0 saturated carbocycles. The number of nitrogens with one attached hydrogen (secondary N) is 3. The molecule has 3 N–H and O–H groups in total. The van der Waals surface area contributed by atoms with Gasteiger partial charge in [0.2, 0.25) is 0 Å². The van der Waals surface area contributed by atoms with Crippen LogP contribution in [0.4, 0.5) is 0 Å². The summed E-state index contributed by atoms with van der Waals surface area (Å²) in [6, 6.07) is 0. The normalized spacial score (nSPS) is 12.9. The van der Waals surface area contributed by atoms with E-state index in [1.165, 1.54) is 6.20 Å². The topological polar surface area (TPSA) is 86.9 Å². The maximum absolute atomic E-state index is 12.0. The lowest BCUT2D eigenvalue weighted by Crippen LogP contribution is -2.33. The summed E-state index contributed by atoms with van der Waals surface area (Å²) in [5.74, 6) is 0. The van der Waals surface area contributed by atoms with Gasteiger partial charge in [0, 0.05) is 18.7 Å². The number of sulfonamides is 1. The monoisotopic (exact) mass is 260 g/mol. The van der Waals surface area contributed by atoms with Crippen molar-refractivity contribution in [1.82, 2.24) is 20.2 Å². The zero-order valence-corrected chi connectivity index (χ0v) is 11.5. The first-order valence-electron chi connectivity index (χ1n) is 5.43. The van der Waals surface area contributed by atoms with Crippen LogP contribution in [0.3, 0.4) is 0 Å². The smallest absolute Gasteiger partial charge is 0.257 e. The Morgan fingerprint density at radius 3 is 2.59 bits per heavy atom. The summed E-state index contributed by atoms with van der Waals surface area (Å²) in [7, 11) is -1.76. The molecule has 17 heavy (non-hydrogen) atoms. The van der Waals surface area contributed by atoms with Crippen LogP contribution in [0.5, 0.6) is 0 Å². The number of aromatic nitrogens is 2. The fourth-order valence-electron chi connectivity index (χ4n) is 1.23. The van der Waals surface area contributed by atoms with Gasteiger partial charge in [0.25, 0.3) is 10.0 Å². The van der Waals surface area contributed by atoms with Crippen LogP contribution in [0.25, 0.3) is 0 Å². The van der Waals surface area contributed by atoms with Crippen LogP contribution in [0.15, 0.2) is 11.2 Å². The first-order valence-corrected chi connectivity index (χ1v) is 6.91. The van der Waals surface area contributed by atoms with Gasteiger partial charge >= 0.3 is 0 Å². The third kappa shape index (κ3) is 4.10. The zero-order chi connectivity index (χ0) is 13.1. The Balaban J connectivity index is 2.86. The van der Waals surface area contributed by atoms with E-state index in [9.17, 15) is 8.42 Å². The molecule has 0 fully saturated rings. The molecule has 6 nitrogen and oxygen atoms in total. The molecule has 0 bridgehead atoms. The SMILES string of the molecule is CNCc1cn[nH]c1S(=O)(=O)NCC(C)(C)C. The number of nitrogens with zero attached hydrogens (tertiary/aromatic N) is 1. The lowest BCUT2D eigenvalue weighted by atomic mass is 9.98. The minimum Gasteiger partial charge on any atom is -0.316 e. The van der Waals surface area contributed by atoms with E-state index < -0.39 is 10.0 Å². The summed E-state index contributed by atoms with van der Waals surface area (Å²) in [5, 5.41) is 9.33. The van der Waals surface area contributed by atoms with Gasteiger partial charge in [-0.05, 0) is 12.5 Å². The van der Waals surface area contributed by atoms with Crippen molar-refractivity contribution in [2.45, 2.75) is 32.3 Å². The number of rotatable bonds is 5. The highest BCUT2D eigenvalue weighted by molar-refractivity contribution is 7.89. The second-order valence-corrected chi connectivity index (χ2v) is 6.84. The maximum Gasteiger partial charge on any atom is 0.257 e. The third-order valence-electron chi connectivity index (χ3n) is 2.11. The third-order valence-corrected chi connectivity index (χ3v) is 3.52.